The van der Waals surface area contributed by atoms with Gasteiger partial charge in [-0.3, -0.25) is 9.78 Å². The maximum absolute atomic E-state index is 12.3. The van der Waals surface area contributed by atoms with E-state index in [1.54, 1.807) is 11.3 Å². The van der Waals surface area contributed by atoms with Gasteiger partial charge >= 0.3 is 0 Å². The van der Waals surface area contributed by atoms with Gasteiger partial charge in [0.2, 0.25) is 0 Å². The minimum Gasteiger partial charge on any atom is -0.352 e. The van der Waals surface area contributed by atoms with E-state index >= 15 is 0 Å². The number of hydrogen-bond acceptors (Lipinski definition) is 5. The van der Waals surface area contributed by atoms with Gasteiger partial charge in [-0.2, -0.15) is 11.3 Å². The van der Waals surface area contributed by atoms with Crippen LogP contribution in [0.5, 0.6) is 0 Å². The normalized spacial score (nSPS) is 15.4. The van der Waals surface area contributed by atoms with Gasteiger partial charge in [-0.15, -0.1) is 0 Å². The Hall–Kier alpha value is -1.76. The van der Waals surface area contributed by atoms with E-state index in [-0.39, 0.29) is 5.91 Å². The lowest BCUT2D eigenvalue weighted by Gasteiger charge is -2.27. The van der Waals surface area contributed by atoms with E-state index < -0.39 is 0 Å². The summed E-state index contributed by atoms with van der Waals surface area (Å²) in [4.78, 5) is 19.3. The van der Waals surface area contributed by atoms with Crippen molar-refractivity contribution in [1.29, 1.82) is 0 Å². The number of hydrogen-bond donors (Lipinski definition) is 2. The third-order valence-electron chi connectivity index (χ3n) is 4.29. The van der Waals surface area contributed by atoms with Crippen LogP contribution in [0.2, 0.25) is 0 Å². The Morgan fingerprint density at radius 1 is 1.33 bits per heavy atom. The molecule has 128 valence electrons. The third-order valence-corrected chi connectivity index (χ3v) is 4.98. The van der Waals surface area contributed by atoms with E-state index in [0.29, 0.717) is 12.1 Å². The van der Waals surface area contributed by atoms with E-state index in [1.165, 1.54) is 0 Å². The van der Waals surface area contributed by atoms with Crippen molar-refractivity contribution < 1.29 is 4.79 Å². The lowest BCUT2D eigenvalue weighted by Crippen LogP contribution is -2.44. The van der Waals surface area contributed by atoms with Crippen molar-refractivity contribution in [2.45, 2.75) is 13.3 Å². The van der Waals surface area contributed by atoms with Gasteiger partial charge in [-0.05, 0) is 43.5 Å². The fraction of sp³-hybridized carbons (Fsp3) is 0.444. The van der Waals surface area contributed by atoms with Crippen molar-refractivity contribution in [3.05, 3.63) is 40.2 Å². The van der Waals surface area contributed by atoms with Crippen molar-refractivity contribution in [2.75, 3.05) is 39.3 Å². The van der Waals surface area contributed by atoms with Crippen LogP contribution in [0.15, 0.2) is 29.0 Å². The second kappa shape index (κ2) is 8.37. The number of piperazine rings is 1. The zero-order valence-electron chi connectivity index (χ0n) is 14.0. The van der Waals surface area contributed by atoms with E-state index in [9.17, 15) is 4.79 Å². The molecule has 1 aliphatic rings. The fourth-order valence-corrected chi connectivity index (χ4v) is 3.56. The highest BCUT2D eigenvalue weighted by atomic mass is 32.1. The molecule has 2 aromatic heterocycles. The molecule has 0 aromatic carbocycles. The molecule has 3 heterocycles. The van der Waals surface area contributed by atoms with Crippen LogP contribution in [0, 0.1) is 6.92 Å². The number of nitrogens with one attached hydrogen (secondary N) is 2. The Morgan fingerprint density at radius 3 is 2.88 bits per heavy atom. The lowest BCUT2D eigenvalue weighted by molar-refractivity contribution is 0.0950. The average molecular weight is 344 g/mol. The molecule has 1 saturated heterocycles. The number of aryl methyl sites for hydroxylation is 1. The zero-order chi connectivity index (χ0) is 16.8. The van der Waals surface area contributed by atoms with E-state index in [1.807, 2.05) is 30.5 Å². The Bertz CT molecular complexity index is 666. The predicted molar refractivity (Wildman–Crippen MR) is 98.5 cm³/mol. The SMILES string of the molecule is Cc1nc(-c2ccsc2)ccc1C(=O)NCCCN1CCNCC1. The summed E-state index contributed by atoms with van der Waals surface area (Å²) in [6, 6.07) is 5.84. The first-order chi connectivity index (χ1) is 11.7. The second-order valence-corrected chi connectivity index (χ2v) is 6.82. The van der Waals surface area contributed by atoms with Gasteiger partial charge < -0.3 is 15.5 Å². The highest BCUT2D eigenvalue weighted by Crippen LogP contribution is 2.21. The zero-order valence-corrected chi connectivity index (χ0v) is 14.9. The molecule has 24 heavy (non-hydrogen) atoms. The predicted octanol–water partition coefficient (Wildman–Crippen LogP) is 2.14. The maximum atomic E-state index is 12.3. The van der Waals surface area contributed by atoms with Gasteiger partial charge in [-0.25, -0.2) is 0 Å². The summed E-state index contributed by atoms with van der Waals surface area (Å²) in [6.07, 6.45) is 0.977. The molecule has 1 fully saturated rings. The summed E-state index contributed by atoms with van der Waals surface area (Å²) in [6.45, 7) is 7.96. The summed E-state index contributed by atoms with van der Waals surface area (Å²) in [7, 11) is 0. The molecule has 0 spiro atoms. The van der Waals surface area contributed by atoms with E-state index in [4.69, 9.17) is 0 Å². The van der Waals surface area contributed by atoms with Gasteiger partial charge in [0.25, 0.3) is 5.91 Å². The van der Waals surface area contributed by atoms with Crippen LogP contribution in [-0.2, 0) is 0 Å². The molecule has 0 saturated carbocycles. The monoisotopic (exact) mass is 344 g/mol. The topological polar surface area (TPSA) is 57.3 Å². The molecule has 1 amide bonds. The number of amides is 1. The average Bonchev–Trinajstić information content (AvgIpc) is 3.14. The van der Waals surface area contributed by atoms with Crippen LogP contribution in [-0.4, -0.2) is 55.1 Å². The van der Waals surface area contributed by atoms with E-state index in [0.717, 1.165) is 56.1 Å². The van der Waals surface area contributed by atoms with Crippen molar-refractivity contribution in [3.63, 3.8) is 0 Å². The first kappa shape index (κ1) is 17.1. The summed E-state index contributed by atoms with van der Waals surface area (Å²) in [5.74, 6) is -0.0304. The van der Waals surface area contributed by atoms with Crippen LogP contribution in [0.25, 0.3) is 11.3 Å². The molecule has 0 unspecified atom stereocenters. The smallest absolute Gasteiger partial charge is 0.253 e. The van der Waals surface area contributed by atoms with Crippen molar-refractivity contribution in [2.24, 2.45) is 0 Å². The van der Waals surface area contributed by atoms with Crippen LogP contribution in [0.4, 0.5) is 0 Å². The largest absolute Gasteiger partial charge is 0.352 e. The molecule has 6 heteroatoms. The molecule has 0 radical (unpaired) electrons. The number of rotatable bonds is 6. The number of pyridine rings is 1. The fourth-order valence-electron chi connectivity index (χ4n) is 2.91. The maximum Gasteiger partial charge on any atom is 0.253 e. The molecule has 2 aromatic rings. The van der Waals surface area contributed by atoms with Gasteiger partial charge in [0.15, 0.2) is 0 Å². The summed E-state index contributed by atoms with van der Waals surface area (Å²) >= 11 is 1.65. The number of thiophene rings is 1. The van der Waals surface area contributed by atoms with Crippen molar-refractivity contribution >= 4 is 17.2 Å². The summed E-state index contributed by atoms with van der Waals surface area (Å²) in [5.41, 5.74) is 3.46. The summed E-state index contributed by atoms with van der Waals surface area (Å²) < 4.78 is 0. The third kappa shape index (κ3) is 4.41. The van der Waals surface area contributed by atoms with E-state index in [2.05, 4.69) is 25.9 Å². The molecule has 5 nitrogen and oxygen atoms in total. The standard InChI is InChI=1S/C18H24N4OS/c1-14-16(3-4-17(21-14)15-5-12-24-13-15)18(23)20-6-2-9-22-10-7-19-8-11-22/h3-5,12-13,19H,2,6-11H2,1H3,(H,20,23). The molecular formula is C18H24N4OS. The Kier molecular flexibility index (Phi) is 5.96. The van der Waals surface area contributed by atoms with Crippen molar-refractivity contribution in [1.82, 2.24) is 20.5 Å². The highest BCUT2D eigenvalue weighted by molar-refractivity contribution is 7.08. The Morgan fingerprint density at radius 2 is 2.17 bits per heavy atom. The van der Waals surface area contributed by atoms with Crippen molar-refractivity contribution in [3.8, 4) is 11.3 Å². The quantitative estimate of drug-likeness (QED) is 0.789. The Balaban J connectivity index is 1.49. The Labute approximate surface area is 147 Å². The number of nitrogens with zero attached hydrogens (tertiary/aromatic N) is 2. The number of carbonyl (C=O) groups is 1. The number of aromatic nitrogens is 1. The van der Waals surface area contributed by atoms with Crippen LogP contribution < -0.4 is 10.6 Å². The van der Waals surface area contributed by atoms with Crippen LogP contribution in [0.3, 0.4) is 0 Å². The first-order valence-electron chi connectivity index (χ1n) is 8.45. The van der Waals surface area contributed by atoms with Crippen LogP contribution in [0.1, 0.15) is 22.5 Å². The minimum absolute atomic E-state index is 0.0304. The highest BCUT2D eigenvalue weighted by Gasteiger charge is 2.12. The number of carbonyl (C=O) groups excluding carboxylic acids is 1. The van der Waals surface area contributed by atoms with Gasteiger partial charge in [-0.1, -0.05) is 0 Å². The molecule has 0 bridgehead atoms. The van der Waals surface area contributed by atoms with Gasteiger partial charge in [0.05, 0.1) is 17.0 Å². The first-order valence-corrected chi connectivity index (χ1v) is 9.40. The summed E-state index contributed by atoms with van der Waals surface area (Å²) in [5, 5.41) is 10.5. The van der Waals surface area contributed by atoms with Gasteiger partial charge in [0.1, 0.15) is 0 Å². The van der Waals surface area contributed by atoms with Gasteiger partial charge in [0, 0.05) is 43.7 Å². The molecule has 0 atom stereocenters. The molecule has 2 N–H and O–H groups in total. The molecular weight excluding hydrogens is 320 g/mol. The molecule has 3 rings (SSSR count). The van der Waals surface area contributed by atoms with Crippen LogP contribution >= 0.6 is 11.3 Å². The molecule has 1 aliphatic heterocycles. The second-order valence-electron chi connectivity index (χ2n) is 6.04. The lowest BCUT2D eigenvalue weighted by atomic mass is 10.1. The molecule has 0 aliphatic carbocycles. The minimum atomic E-state index is -0.0304.